The van der Waals surface area contributed by atoms with Gasteiger partial charge < -0.3 is 4.74 Å². The molecule has 0 saturated carbocycles. The number of thioether (sulfide) groups is 1. The van der Waals surface area contributed by atoms with Gasteiger partial charge in [-0.05, 0) is 42.0 Å². The minimum Gasteiger partial charge on any atom is -0.487 e. The number of fused-ring (bicyclic) bond motifs is 1. The number of benzene rings is 1. The van der Waals surface area contributed by atoms with Crippen LogP contribution in [0.4, 0.5) is 0 Å². The number of pyridine rings is 2. The van der Waals surface area contributed by atoms with E-state index >= 15 is 0 Å². The van der Waals surface area contributed by atoms with E-state index in [1.807, 2.05) is 54.9 Å². The Bertz CT molecular complexity index is 952. The summed E-state index contributed by atoms with van der Waals surface area (Å²) in [6, 6.07) is 20.1. The number of imidazole rings is 1. The van der Waals surface area contributed by atoms with Gasteiger partial charge in [-0.15, -0.1) is 0 Å². The monoisotopic (exact) mass is 347 g/mol. The van der Waals surface area contributed by atoms with Gasteiger partial charge in [0, 0.05) is 18.1 Å². The molecule has 0 aliphatic rings. The van der Waals surface area contributed by atoms with Crippen LogP contribution in [0, 0.1) is 0 Å². The first-order chi connectivity index (χ1) is 12.4. The minimum atomic E-state index is 0.481. The second kappa shape index (κ2) is 7.40. The molecule has 0 fully saturated rings. The van der Waals surface area contributed by atoms with Crippen LogP contribution in [-0.2, 0) is 12.4 Å². The van der Waals surface area contributed by atoms with E-state index in [1.165, 1.54) is 5.56 Å². The molecule has 0 atom stereocenters. The SMILES string of the molecule is c1ccc(COc2ccc(CSc3ncc4ccccn34)cc2)nc1. The first-order valence-electron chi connectivity index (χ1n) is 8.05. The predicted molar refractivity (Wildman–Crippen MR) is 99.8 cm³/mol. The molecule has 5 heteroatoms. The van der Waals surface area contributed by atoms with E-state index in [9.17, 15) is 0 Å². The van der Waals surface area contributed by atoms with Crippen LogP contribution in [0.1, 0.15) is 11.3 Å². The lowest BCUT2D eigenvalue weighted by atomic mass is 10.2. The Morgan fingerprint density at radius 2 is 1.80 bits per heavy atom. The van der Waals surface area contributed by atoms with Crippen molar-refractivity contribution in [2.45, 2.75) is 17.5 Å². The molecule has 0 saturated heterocycles. The zero-order valence-electron chi connectivity index (χ0n) is 13.6. The molecule has 4 aromatic rings. The number of rotatable bonds is 6. The van der Waals surface area contributed by atoms with Crippen molar-refractivity contribution in [1.29, 1.82) is 0 Å². The van der Waals surface area contributed by atoms with Crippen LogP contribution in [0.15, 0.2) is 84.4 Å². The third-order valence-electron chi connectivity index (χ3n) is 3.81. The standard InChI is InChI=1S/C20H17N3OS/c1-3-11-21-17(5-1)14-24-19-9-7-16(8-10-19)15-25-20-22-13-18-6-2-4-12-23(18)20/h1-13H,14-15H2. The Balaban J connectivity index is 1.36. The van der Waals surface area contributed by atoms with Crippen molar-refractivity contribution in [3.05, 3.63) is 90.5 Å². The van der Waals surface area contributed by atoms with Crippen LogP contribution in [0.5, 0.6) is 5.75 Å². The molecule has 1 aromatic carbocycles. The molecule has 0 N–H and O–H groups in total. The highest BCUT2D eigenvalue weighted by atomic mass is 32.2. The lowest BCUT2D eigenvalue weighted by Gasteiger charge is -2.07. The van der Waals surface area contributed by atoms with E-state index in [4.69, 9.17) is 4.74 Å². The zero-order chi connectivity index (χ0) is 16.9. The van der Waals surface area contributed by atoms with E-state index in [0.29, 0.717) is 6.61 Å². The molecular weight excluding hydrogens is 330 g/mol. The summed E-state index contributed by atoms with van der Waals surface area (Å²) in [5.74, 6) is 1.72. The molecule has 124 valence electrons. The molecule has 0 spiro atoms. The molecular formula is C20H17N3OS. The number of ether oxygens (including phenoxy) is 1. The smallest absolute Gasteiger partial charge is 0.172 e. The Hall–Kier alpha value is -2.79. The summed E-state index contributed by atoms with van der Waals surface area (Å²) in [5, 5.41) is 1.01. The van der Waals surface area contributed by atoms with Crippen molar-refractivity contribution in [3.63, 3.8) is 0 Å². The number of hydrogen-bond donors (Lipinski definition) is 0. The van der Waals surface area contributed by atoms with Crippen LogP contribution in [0.3, 0.4) is 0 Å². The second-order valence-electron chi connectivity index (χ2n) is 5.58. The molecule has 3 aromatic heterocycles. The Morgan fingerprint density at radius 1 is 0.920 bits per heavy atom. The first-order valence-corrected chi connectivity index (χ1v) is 9.03. The Morgan fingerprint density at radius 3 is 2.64 bits per heavy atom. The summed E-state index contributed by atoms with van der Waals surface area (Å²) in [6.45, 7) is 0.481. The van der Waals surface area contributed by atoms with Crippen molar-refractivity contribution in [3.8, 4) is 5.75 Å². The third kappa shape index (κ3) is 3.83. The van der Waals surface area contributed by atoms with Crippen LogP contribution in [0.25, 0.3) is 5.52 Å². The fourth-order valence-corrected chi connectivity index (χ4v) is 3.42. The summed E-state index contributed by atoms with van der Waals surface area (Å²) < 4.78 is 7.88. The topological polar surface area (TPSA) is 39.4 Å². The highest BCUT2D eigenvalue weighted by Crippen LogP contribution is 2.24. The van der Waals surface area contributed by atoms with Crippen LogP contribution < -0.4 is 4.74 Å². The average molecular weight is 347 g/mol. The Labute approximate surface area is 150 Å². The molecule has 4 rings (SSSR count). The summed E-state index contributed by atoms with van der Waals surface area (Å²) >= 11 is 1.73. The lowest BCUT2D eigenvalue weighted by molar-refractivity contribution is 0.301. The van der Waals surface area contributed by atoms with Gasteiger partial charge in [-0.3, -0.25) is 9.38 Å². The molecule has 0 amide bonds. The molecule has 0 aliphatic carbocycles. The highest BCUT2D eigenvalue weighted by molar-refractivity contribution is 7.98. The predicted octanol–water partition coefficient (Wildman–Crippen LogP) is 4.60. The second-order valence-corrected chi connectivity index (χ2v) is 6.52. The largest absolute Gasteiger partial charge is 0.487 e. The summed E-state index contributed by atoms with van der Waals surface area (Å²) in [4.78, 5) is 8.74. The van der Waals surface area contributed by atoms with Gasteiger partial charge in [0.2, 0.25) is 0 Å². The Kier molecular flexibility index (Phi) is 4.65. The van der Waals surface area contributed by atoms with E-state index in [2.05, 4.69) is 32.6 Å². The molecule has 0 unspecified atom stereocenters. The van der Waals surface area contributed by atoms with Gasteiger partial charge >= 0.3 is 0 Å². The maximum atomic E-state index is 5.77. The van der Waals surface area contributed by atoms with E-state index in [0.717, 1.165) is 27.9 Å². The zero-order valence-corrected chi connectivity index (χ0v) is 14.4. The van der Waals surface area contributed by atoms with Crippen molar-refractivity contribution in [1.82, 2.24) is 14.4 Å². The quantitative estimate of drug-likeness (QED) is 0.478. The summed E-state index contributed by atoms with van der Waals surface area (Å²) in [5.41, 5.74) is 3.28. The molecule has 0 radical (unpaired) electrons. The normalized spacial score (nSPS) is 10.9. The fourth-order valence-electron chi connectivity index (χ4n) is 2.50. The summed E-state index contributed by atoms with van der Waals surface area (Å²) in [7, 11) is 0. The van der Waals surface area contributed by atoms with Gasteiger partial charge in [0.05, 0.1) is 17.4 Å². The van der Waals surface area contributed by atoms with Crippen LogP contribution >= 0.6 is 11.8 Å². The van der Waals surface area contributed by atoms with Crippen LogP contribution in [0.2, 0.25) is 0 Å². The molecule has 0 aliphatic heterocycles. The molecule has 0 bridgehead atoms. The fraction of sp³-hybridized carbons (Fsp3) is 0.100. The maximum Gasteiger partial charge on any atom is 0.172 e. The van der Waals surface area contributed by atoms with Gasteiger partial charge in [-0.1, -0.05) is 36.0 Å². The highest BCUT2D eigenvalue weighted by Gasteiger charge is 2.04. The van der Waals surface area contributed by atoms with Crippen molar-refractivity contribution in [2.24, 2.45) is 0 Å². The van der Waals surface area contributed by atoms with E-state index in [-0.39, 0.29) is 0 Å². The third-order valence-corrected chi connectivity index (χ3v) is 4.85. The number of hydrogen-bond acceptors (Lipinski definition) is 4. The number of nitrogens with zero attached hydrogens (tertiary/aromatic N) is 3. The molecule has 4 nitrogen and oxygen atoms in total. The van der Waals surface area contributed by atoms with Crippen LogP contribution in [-0.4, -0.2) is 14.4 Å². The van der Waals surface area contributed by atoms with Gasteiger partial charge in [-0.25, -0.2) is 4.98 Å². The molecule has 25 heavy (non-hydrogen) atoms. The minimum absolute atomic E-state index is 0.481. The number of aromatic nitrogens is 3. The van der Waals surface area contributed by atoms with Gasteiger partial charge in [-0.2, -0.15) is 0 Å². The van der Waals surface area contributed by atoms with E-state index < -0.39 is 0 Å². The van der Waals surface area contributed by atoms with E-state index in [1.54, 1.807) is 18.0 Å². The lowest BCUT2D eigenvalue weighted by Crippen LogP contribution is -1.97. The van der Waals surface area contributed by atoms with Crippen molar-refractivity contribution < 1.29 is 4.74 Å². The van der Waals surface area contributed by atoms with Gasteiger partial charge in [0.1, 0.15) is 12.4 Å². The average Bonchev–Trinajstić information content (AvgIpc) is 3.10. The van der Waals surface area contributed by atoms with Crippen molar-refractivity contribution in [2.75, 3.05) is 0 Å². The summed E-state index contributed by atoms with van der Waals surface area (Å²) in [6.07, 6.45) is 5.72. The van der Waals surface area contributed by atoms with Gasteiger partial charge in [0.25, 0.3) is 0 Å². The maximum absolute atomic E-state index is 5.77. The van der Waals surface area contributed by atoms with Crippen molar-refractivity contribution >= 4 is 17.3 Å². The first kappa shape index (κ1) is 15.7. The molecule has 3 heterocycles. The van der Waals surface area contributed by atoms with Gasteiger partial charge in [0.15, 0.2) is 5.16 Å².